The molecule has 0 fully saturated rings. The van der Waals surface area contributed by atoms with Gasteiger partial charge in [0, 0.05) is 27.9 Å². The highest BCUT2D eigenvalue weighted by Gasteiger charge is 2.21. The minimum absolute atomic E-state index is 0.262. The van der Waals surface area contributed by atoms with Gasteiger partial charge in [-0.1, -0.05) is 6.07 Å². The van der Waals surface area contributed by atoms with Gasteiger partial charge in [-0.3, -0.25) is 0 Å². The Morgan fingerprint density at radius 1 is 1.28 bits per heavy atom. The molecule has 0 amide bonds. The summed E-state index contributed by atoms with van der Waals surface area (Å²) in [6.07, 6.45) is 0. The summed E-state index contributed by atoms with van der Waals surface area (Å²) in [5.74, 6) is -0.805. The molecule has 25 heavy (non-hydrogen) atoms. The van der Waals surface area contributed by atoms with Gasteiger partial charge in [0.15, 0.2) is 0 Å². The van der Waals surface area contributed by atoms with Crippen LogP contribution in [0.4, 0.5) is 10.1 Å². The molecule has 4 nitrogen and oxygen atoms in total. The second-order valence-electron chi connectivity index (χ2n) is 5.29. The van der Waals surface area contributed by atoms with Crippen LogP contribution in [0.5, 0.6) is 0 Å². The van der Waals surface area contributed by atoms with Crippen molar-refractivity contribution in [3.8, 4) is 6.07 Å². The van der Waals surface area contributed by atoms with Gasteiger partial charge in [0.05, 0.1) is 18.2 Å². The fourth-order valence-electron chi connectivity index (χ4n) is 2.55. The molecule has 0 saturated heterocycles. The maximum Gasteiger partial charge on any atom is 0.348 e. The van der Waals surface area contributed by atoms with Gasteiger partial charge in [-0.05, 0) is 43.3 Å². The second kappa shape index (κ2) is 7.32. The zero-order chi connectivity index (χ0) is 17.8. The number of carbonyl (C=O) groups is 1. The predicted octanol–water partition coefficient (Wildman–Crippen LogP) is 4.70. The van der Waals surface area contributed by atoms with E-state index in [0.717, 1.165) is 5.69 Å². The molecule has 0 aliphatic heterocycles. The van der Waals surface area contributed by atoms with Gasteiger partial charge in [-0.25, -0.2) is 9.18 Å². The molecule has 3 aromatic rings. The van der Waals surface area contributed by atoms with E-state index in [0.29, 0.717) is 26.1 Å². The van der Waals surface area contributed by atoms with Crippen molar-refractivity contribution in [3.05, 3.63) is 64.3 Å². The molecular weight excluding hydrogens is 339 g/mol. The van der Waals surface area contributed by atoms with Crippen LogP contribution in [-0.4, -0.2) is 12.6 Å². The van der Waals surface area contributed by atoms with Crippen LogP contribution in [0.15, 0.2) is 42.5 Å². The second-order valence-corrected chi connectivity index (χ2v) is 6.34. The van der Waals surface area contributed by atoms with Crippen LogP contribution >= 0.6 is 11.3 Å². The number of benzene rings is 2. The maximum absolute atomic E-state index is 14.3. The third-order valence-corrected chi connectivity index (χ3v) is 4.88. The number of nitrogens with one attached hydrogen (secondary N) is 1. The standard InChI is InChI=1S/C19H15FN2O2S/c1-2-24-19(23)18-14(17-15(20)4-3-5-16(17)25-18)11-22-13-8-6-12(10-21)7-9-13/h3-9,22H,2,11H2,1H3. The van der Waals surface area contributed by atoms with Crippen molar-refractivity contribution in [2.45, 2.75) is 13.5 Å². The summed E-state index contributed by atoms with van der Waals surface area (Å²) in [6, 6.07) is 13.8. The molecule has 1 N–H and O–H groups in total. The normalized spacial score (nSPS) is 10.4. The summed E-state index contributed by atoms with van der Waals surface area (Å²) in [6.45, 7) is 2.28. The van der Waals surface area contributed by atoms with E-state index in [2.05, 4.69) is 11.4 Å². The summed E-state index contributed by atoms with van der Waals surface area (Å²) in [5.41, 5.74) is 1.93. The molecule has 0 aliphatic carbocycles. The van der Waals surface area contributed by atoms with Crippen LogP contribution in [0, 0.1) is 17.1 Å². The Balaban J connectivity index is 1.96. The number of hydrogen-bond acceptors (Lipinski definition) is 5. The van der Waals surface area contributed by atoms with Crippen LogP contribution in [-0.2, 0) is 11.3 Å². The molecule has 3 rings (SSSR count). The molecule has 2 aromatic carbocycles. The smallest absolute Gasteiger partial charge is 0.348 e. The summed E-state index contributed by atoms with van der Waals surface area (Å²) < 4.78 is 20.1. The Labute approximate surface area is 148 Å². The lowest BCUT2D eigenvalue weighted by atomic mass is 10.1. The average molecular weight is 354 g/mol. The first-order valence-electron chi connectivity index (χ1n) is 7.75. The van der Waals surface area contributed by atoms with Crippen molar-refractivity contribution >= 4 is 33.1 Å². The molecule has 0 bridgehead atoms. The van der Waals surface area contributed by atoms with Crippen LogP contribution in [0.2, 0.25) is 0 Å². The molecule has 0 aliphatic rings. The first-order valence-corrected chi connectivity index (χ1v) is 8.56. The molecule has 126 valence electrons. The van der Waals surface area contributed by atoms with Gasteiger partial charge < -0.3 is 10.1 Å². The molecule has 0 saturated carbocycles. The van der Waals surface area contributed by atoms with Crippen molar-refractivity contribution in [2.75, 3.05) is 11.9 Å². The first-order chi connectivity index (χ1) is 12.1. The lowest BCUT2D eigenvalue weighted by Crippen LogP contribution is -2.08. The van der Waals surface area contributed by atoms with Gasteiger partial charge in [0.1, 0.15) is 10.7 Å². The summed E-state index contributed by atoms with van der Waals surface area (Å²) in [4.78, 5) is 12.6. The van der Waals surface area contributed by atoms with E-state index in [1.54, 1.807) is 43.3 Å². The monoisotopic (exact) mass is 354 g/mol. The number of halogens is 1. The van der Waals surface area contributed by atoms with Crippen LogP contribution in [0.25, 0.3) is 10.1 Å². The van der Waals surface area contributed by atoms with Crippen molar-refractivity contribution < 1.29 is 13.9 Å². The highest BCUT2D eigenvalue weighted by molar-refractivity contribution is 7.21. The molecule has 0 unspecified atom stereocenters. The fourth-order valence-corrected chi connectivity index (χ4v) is 3.68. The van der Waals surface area contributed by atoms with Crippen LogP contribution in [0.3, 0.4) is 0 Å². The molecule has 1 aromatic heterocycles. The number of nitrogens with zero attached hydrogens (tertiary/aromatic N) is 1. The van der Waals surface area contributed by atoms with Crippen molar-refractivity contribution in [2.24, 2.45) is 0 Å². The summed E-state index contributed by atoms with van der Waals surface area (Å²) in [7, 11) is 0. The Morgan fingerprint density at radius 3 is 2.72 bits per heavy atom. The van der Waals surface area contributed by atoms with Crippen molar-refractivity contribution in [3.63, 3.8) is 0 Å². The summed E-state index contributed by atoms with van der Waals surface area (Å²) in [5, 5.41) is 12.5. The quantitative estimate of drug-likeness (QED) is 0.675. The number of esters is 1. The van der Waals surface area contributed by atoms with Crippen molar-refractivity contribution in [1.82, 2.24) is 0 Å². The van der Waals surface area contributed by atoms with Crippen molar-refractivity contribution in [1.29, 1.82) is 5.26 Å². The van der Waals surface area contributed by atoms with E-state index in [1.165, 1.54) is 17.4 Å². The summed E-state index contributed by atoms with van der Waals surface area (Å²) >= 11 is 1.23. The molecule has 0 spiro atoms. The number of thiophene rings is 1. The minimum atomic E-state index is -0.445. The number of ether oxygens (including phenoxy) is 1. The highest BCUT2D eigenvalue weighted by Crippen LogP contribution is 2.34. The SMILES string of the molecule is CCOC(=O)c1sc2cccc(F)c2c1CNc1ccc(C#N)cc1. The molecule has 1 heterocycles. The maximum atomic E-state index is 14.3. The van der Waals surface area contributed by atoms with E-state index < -0.39 is 5.97 Å². The van der Waals surface area contributed by atoms with Gasteiger partial charge >= 0.3 is 5.97 Å². The number of anilines is 1. The Morgan fingerprint density at radius 2 is 2.04 bits per heavy atom. The number of hydrogen-bond donors (Lipinski definition) is 1. The Kier molecular flexibility index (Phi) is 4.96. The van der Waals surface area contributed by atoms with E-state index in [1.807, 2.05) is 0 Å². The zero-order valence-electron chi connectivity index (χ0n) is 13.5. The molecule has 0 atom stereocenters. The first kappa shape index (κ1) is 16.9. The van der Waals surface area contributed by atoms with Crippen LogP contribution in [0.1, 0.15) is 27.7 Å². The average Bonchev–Trinajstić information content (AvgIpc) is 3.01. The van der Waals surface area contributed by atoms with E-state index in [4.69, 9.17) is 10.00 Å². The van der Waals surface area contributed by atoms with E-state index >= 15 is 0 Å². The minimum Gasteiger partial charge on any atom is -0.462 e. The third-order valence-electron chi connectivity index (χ3n) is 3.71. The van der Waals surface area contributed by atoms with Gasteiger partial charge in [-0.2, -0.15) is 5.26 Å². The predicted molar refractivity (Wildman–Crippen MR) is 96.2 cm³/mol. The number of carbonyl (C=O) groups excluding carboxylic acids is 1. The lowest BCUT2D eigenvalue weighted by molar-refractivity contribution is 0.0531. The number of fused-ring (bicyclic) bond motifs is 1. The Bertz CT molecular complexity index is 958. The number of rotatable bonds is 5. The van der Waals surface area contributed by atoms with Gasteiger partial charge in [0.2, 0.25) is 0 Å². The van der Waals surface area contributed by atoms with Gasteiger partial charge in [-0.15, -0.1) is 11.3 Å². The molecule has 0 radical (unpaired) electrons. The van der Waals surface area contributed by atoms with Gasteiger partial charge in [0.25, 0.3) is 0 Å². The zero-order valence-corrected chi connectivity index (χ0v) is 14.3. The van der Waals surface area contributed by atoms with E-state index in [9.17, 15) is 9.18 Å². The Hall–Kier alpha value is -2.91. The fraction of sp³-hybridized carbons (Fsp3) is 0.158. The topological polar surface area (TPSA) is 62.1 Å². The molecule has 6 heteroatoms. The number of nitriles is 1. The third kappa shape index (κ3) is 3.47. The van der Waals surface area contributed by atoms with Crippen LogP contribution < -0.4 is 5.32 Å². The highest BCUT2D eigenvalue weighted by atomic mass is 32.1. The van der Waals surface area contributed by atoms with E-state index in [-0.39, 0.29) is 19.0 Å². The largest absolute Gasteiger partial charge is 0.462 e. The molecular formula is C19H15FN2O2S. The lowest BCUT2D eigenvalue weighted by Gasteiger charge is -2.08.